The summed E-state index contributed by atoms with van der Waals surface area (Å²) in [5.74, 6) is -0.848. The fraction of sp³-hybridized carbons (Fsp3) is 0.875. The van der Waals surface area contributed by atoms with E-state index >= 15 is 0 Å². The summed E-state index contributed by atoms with van der Waals surface area (Å²) in [5, 5.41) is 11.9. The normalized spacial score (nSPS) is 30.6. The predicted molar refractivity (Wildman–Crippen MR) is 51.4 cm³/mol. The first-order valence-electron chi connectivity index (χ1n) is 4.50. The monoisotopic (exact) mass is 221 g/mol. The van der Waals surface area contributed by atoms with E-state index in [9.17, 15) is 18.3 Å². The molecule has 0 spiro atoms. The highest BCUT2D eigenvalue weighted by atomic mass is 32.2. The van der Waals surface area contributed by atoms with Crippen molar-refractivity contribution in [1.82, 2.24) is 5.32 Å². The minimum absolute atomic E-state index is 0.160. The third kappa shape index (κ3) is 2.68. The van der Waals surface area contributed by atoms with Gasteiger partial charge in [-0.05, 0) is 0 Å². The van der Waals surface area contributed by atoms with Gasteiger partial charge in [0, 0.05) is 5.92 Å². The van der Waals surface area contributed by atoms with Gasteiger partial charge in [-0.1, -0.05) is 13.8 Å². The fourth-order valence-electron chi connectivity index (χ4n) is 1.32. The minimum atomic E-state index is -3.18. The van der Waals surface area contributed by atoms with E-state index in [1.54, 1.807) is 13.8 Å². The van der Waals surface area contributed by atoms with Crippen LogP contribution in [0.3, 0.4) is 0 Å². The Balaban J connectivity index is 2.60. The molecule has 14 heavy (non-hydrogen) atoms. The highest BCUT2D eigenvalue weighted by Crippen LogP contribution is 2.12. The Hall–Kier alpha value is -0.620. The number of carbonyl (C=O) groups is 1. The van der Waals surface area contributed by atoms with E-state index in [0.29, 0.717) is 0 Å². The molecule has 1 fully saturated rings. The van der Waals surface area contributed by atoms with Gasteiger partial charge in [-0.3, -0.25) is 4.79 Å². The lowest BCUT2D eigenvalue weighted by Crippen LogP contribution is -2.44. The maximum absolute atomic E-state index is 11.2. The van der Waals surface area contributed by atoms with Crippen LogP contribution in [0.25, 0.3) is 0 Å². The number of nitrogens with one attached hydrogen (secondary N) is 1. The summed E-state index contributed by atoms with van der Waals surface area (Å²) in [6, 6.07) is -0.644. The minimum Gasteiger partial charge on any atom is -0.390 e. The van der Waals surface area contributed by atoms with Crippen LogP contribution in [0.2, 0.25) is 0 Å². The first-order chi connectivity index (χ1) is 6.32. The zero-order chi connectivity index (χ0) is 10.9. The van der Waals surface area contributed by atoms with Crippen molar-refractivity contribution in [3.8, 4) is 0 Å². The van der Waals surface area contributed by atoms with Crippen LogP contribution in [0, 0.1) is 5.92 Å². The van der Waals surface area contributed by atoms with Crippen LogP contribution in [0.15, 0.2) is 0 Å². The maximum Gasteiger partial charge on any atom is 0.222 e. The lowest BCUT2D eigenvalue weighted by molar-refractivity contribution is -0.125. The topological polar surface area (TPSA) is 83.5 Å². The molecule has 82 valence electrons. The second kappa shape index (κ2) is 3.86. The number of carbonyl (C=O) groups excluding carboxylic acids is 1. The Labute approximate surface area is 83.4 Å². The van der Waals surface area contributed by atoms with Crippen LogP contribution < -0.4 is 5.32 Å². The predicted octanol–water partition coefficient (Wildman–Crippen LogP) is -1.08. The SMILES string of the molecule is CC(C)C(=O)N[C@@H]1CS(=O)(=O)C[C@@H]1O. The Morgan fingerprint density at radius 3 is 2.36 bits per heavy atom. The van der Waals surface area contributed by atoms with E-state index in [0.717, 1.165) is 0 Å². The smallest absolute Gasteiger partial charge is 0.222 e. The van der Waals surface area contributed by atoms with Gasteiger partial charge in [0.1, 0.15) is 0 Å². The molecule has 1 aliphatic rings. The Kier molecular flexibility index (Phi) is 3.16. The highest BCUT2D eigenvalue weighted by molar-refractivity contribution is 7.91. The van der Waals surface area contributed by atoms with Gasteiger partial charge in [0.25, 0.3) is 0 Å². The zero-order valence-corrected chi connectivity index (χ0v) is 9.04. The van der Waals surface area contributed by atoms with Crippen molar-refractivity contribution in [2.45, 2.75) is 26.0 Å². The third-order valence-corrected chi connectivity index (χ3v) is 3.89. The van der Waals surface area contributed by atoms with Crippen LogP contribution in [-0.4, -0.2) is 43.1 Å². The summed E-state index contributed by atoms with van der Waals surface area (Å²) in [4.78, 5) is 11.2. The lowest BCUT2D eigenvalue weighted by atomic mass is 10.1. The highest BCUT2D eigenvalue weighted by Gasteiger charge is 2.37. The molecule has 0 aromatic carbocycles. The molecule has 0 radical (unpaired) electrons. The number of rotatable bonds is 2. The van der Waals surface area contributed by atoms with E-state index in [-0.39, 0.29) is 23.3 Å². The van der Waals surface area contributed by atoms with Gasteiger partial charge >= 0.3 is 0 Å². The fourth-order valence-corrected chi connectivity index (χ4v) is 3.06. The largest absolute Gasteiger partial charge is 0.390 e. The molecule has 2 N–H and O–H groups in total. The number of aliphatic hydroxyl groups is 1. The quantitative estimate of drug-likeness (QED) is 0.621. The number of aliphatic hydroxyl groups excluding tert-OH is 1. The van der Waals surface area contributed by atoms with Crippen LogP contribution in [0.4, 0.5) is 0 Å². The van der Waals surface area contributed by atoms with Crippen molar-refractivity contribution >= 4 is 15.7 Å². The number of amides is 1. The Morgan fingerprint density at radius 2 is 2.00 bits per heavy atom. The molecule has 1 heterocycles. The van der Waals surface area contributed by atoms with Gasteiger partial charge in [0.15, 0.2) is 9.84 Å². The van der Waals surface area contributed by atoms with Gasteiger partial charge in [-0.25, -0.2) is 8.42 Å². The van der Waals surface area contributed by atoms with Gasteiger partial charge < -0.3 is 10.4 Å². The van der Waals surface area contributed by atoms with Crippen molar-refractivity contribution < 1.29 is 18.3 Å². The van der Waals surface area contributed by atoms with Crippen molar-refractivity contribution in [2.24, 2.45) is 5.92 Å². The van der Waals surface area contributed by atoms with Crippen LogP contribution >= 0.6 is 0 Å². The molecule has 0 aromatic heterocycles. The molecule has 0 aliphatic carbocycles. The van der Waals surface area contributed by atoms with Gasteiger partial charge in [-0.2, -0.15) is 0 Å². The van der Waals surface area contributed by atoms with E-state index in [1.807, 2.05) is 0 Å². The zero-order valence-electron chi connectivity index (χ0n) is 8.23. The van der Waals surface area contributed by atoms with Crippen LogP contribution in [0.1, 0.15) is 13.8 Å². The first-order valence-corrected chi connectivity index (χ1v) is 6.33. The summed E-state index contributed by atoms with van der Waals surface area (Å²) in [7, 11) is -3.18. The summed E-state index contributed by atoms with van der Waals surface area (Å²) >= 11 is 0. The molecule has 0 unspecified atom stereocenters. The molecule has 0 saturated carbocycles. The standard InChI is InChI=1S/C8H15NO4S/c1-5(2)8(11)9-6-3-14(12,13)4-7(6)10/h5-7,10H,3-4H2,1-2H3,(H,9,11)/t6-,7+/m1/s1. The van der Waals surface area contributed by atoms with Gasteiger partial charge in [0.2, 0.25) is 5.91 Å². The van der Waals surface area contributed by atoms with Crippen LogP contribution in [-0.2, 0) is 14.6 Å². The maximum atomic E-state index is 11.2. The Bertz CT molecular complexity index is 322. The molecule has 2 atom stereocenters. The van der Waals surface area contributed by atoms with Crippen LogP contribution in [0.5, 0.6) is 0 Å². The van der Waals surface area contributed by atoms with Gasteiger partial charge in [-0.15, -0.1) is 0 Å². The molecule has 1 saturated heterocycles. The Morgan fingerprint density at radius 1 is 1.43 bits per heavy atom. The third-order valence-electron chi connectivity index (χ3n) is 2.17. The van der Waals surface area contributed by atoms with Crippen molar-refractivity contribution in [2.75, 3.05) is 11.5 Å². The number of sulfone groups is 1. The molecule has 0 bridgehead atoms. The molecular weight excluding hydrogens is 206 g/mol. The summed E-state index contributed by atoms with van der Waals surface area (Å²) in [6.07, 6.45) is -0.970. The molecule has 1 aliphatic heterocycles. The summed E-state index contributed by atoms with van der Waals surface area (Å²) < 4.78 is 22.2. The molecule has 1 rings (SSSR count). The molecule has 6 heteroatoms. The van der Waals surface area contributed by atoms with Crippen molar-refractivity contribution in [3.05, 3.63) is 0 Å². The average molecular weight is 221 g/mol. The van der Waals surface area contributed by atoms with E-state index in [1.165, 1.54) is 0 Å². The van der Waals surface area contributed by atoms with Crippen molar-refractivity contribution in [1.29, 1.82) is 0 Å². The van der Waals surface area contributed by atoms with E-state index < -0.39 is 22.0 Å². The summed E-state index contributed by atoms with van der Waals surface area (Å²) in [5.41, 5.74) is 0. The molecule has 1 amide bonds. The second-order valence-electron chi connectivity index (χ2n) is 3.91. The first kappa shape index (κ1) is 11.5. The van der Waals surface area contributed by atoms with Gasteiger partial charge in [0.05, 0.1) is 23.7 Å². The number of hydrogen-bond acceptors (Lipinski definition) is 4. The molecular formula is C8H15NO4S. The van der Waals surface area contributed by atoms with E-state index in [4.69, 9.17) is 0 Å². The van der Waals surface area contributed by atoms with E-state index in [2.05, 4.69) is 5.32 Å². The molecule has 0 aromatic rings. The molecule has 5 nitrogen and oxygen atoms in total. The van der Waals surface area contributed by atoms with Crippen molar-refractivity contribution in [3.63, 3.8) is 0 Å². The number of hydrogen-bond donors (Lipinski definition) is 2. The lowest BCUT2D eigenvalue weighted by Gasteiger charge is -2.16. The summed E-state index contributed by atoms with van der Waals surface area (Å²) in [6.45, 7) is 3.43. The second-order valence-corrected chi connectivity index (χ2v) is 6.07. The average Bonchev–Trinajstić information content (AvgIpc) is 2.24.